The lowest BCUT2D eigenvalue weighted by Gasteiger charge is -2.04. The van der Waals surface area contributed by atoms with E-state index in [9.17, 15) is 0 Å². The van der Waals surface area contributed by atoms with E-state index in [4.69, 9.17) is 5.73 Å². The fourth-order valence-corrected chi connectivity index (χ4v) is 1.52. The smallest absolute Gasteiger partial charge is 0.102 e. The maximum absolute atomic E-state index is 5.84. The van der Waals surface area contributed by atoms with Crippen LogP contribution in [0.3, 0.4) is 0 Å². The Balaban J connectivity index is 2.44. The van der Waals surface area contributed by atoms with Gasteiger partial charge in [-0.25, -0.2) is 4.99 Å². The van der Waals surface area contributed by atoms with Gasteiger partial charge in [0.25, 0.3) is 0 Å². The Labute approximate surface area is 95.8 Å². The highest BCUT2D eigenvalue weighted by Crippen LogP contribution is 2.21. The van der Waals surface area contributed by atoms with Crippen LogP contribution in [-0.2, 0) is 0 Å². The molecule has 0 fully saturated rings. The highest BCUT2D eigenvalue weighted by molar-refractivity contribution is 5.88. The van der Waals surface area contributed by atoms with Crippen molar-refractivity contribution < 1.29 is 0 Å². The molecule has 2 N–H and O–H groups in total. The second-order valence-electron chi connectivity index (χ2n) is 4.22. The van der Waals surface area contributed by atoms with Crippen molar-refractivity contribution in [2.45, 2.75) is 13.8 Å². The molecule has 0 bridgehead atoms. The summed E-state index contributed by atoms with van der Waals surface area (Å²) < 4.78 is 0. The molecule has 0 aliphatic carbocycles. The molecule has 2 rings (SSSR count). The van der Waals surface area contributed by atoms with Gasteiger partial charge in [-0.3, -0.25) is 0 Å². The number of hydrogen-bond donors (Lipinski definition) is 1. The highest BCUT2D eigenvalue weighted by atomic mass is 14.9. The summed E-state index contributed by atoms with van der Waals surface area (Å²) >= 11 is 0. The summed E-state index contributed by atoms with van der Waals surface area (Å²) in [6.07, 6.45) is 0. The lowest BCUT2D eigenvalue weighted by molar-refractivity contribution is 0.873. The summed E-state index contributed by atoms with van der Waals surface area (Å²) in [4.78, 5) is 4.40. The van der Waals surface area contributed by atoms with E-state index in [2.05, 4.69) is 29.3 Å². The third kappa shape index (κ3) is 2.22. The number of benzene rings is 2. The SMILES string of the molecule is CC(C)C(N)=Nc1ccc2ccccc2c1. The number of fused-ring (bicyclic) bond motifs is 1. The standard InChI is InChI=1S/C14H16N2/c1-10(2)14(15)16-13-8-7-11-5-3-4-6-12(11)9-13/h3-10H,1-2H3,(H2,15,16). The molecule has 0 aliphatic heterocycles. The molecule has 0 radical (unpaired) electrons. The zero-order valence-corrected chi connectivity index (χ0v) is 9.64. The highest BCUT2D eigenvalue weighted by Gasteiger charge is 2.00. The van der Waals surface area contributed by atoms with Crippen LogP contribution in [0, 0.1) is 5.92 Å². The Hall–Kier alpha value is -1.83. The van der Waals surface area contributed by atoms with E-state index in [0.717, 1.165) is 5.69 Å². The molecule has 0 aliphatic rings. The topological polar surface area (TPSA) is 38.4 Å². The van der Waals surface area contributed by atoms with Gasteiger partial charge in [0.15, 0.2) is 0 Å². The molecule has 2 nitrogen and oxygen atoms in total. The summed E-state index contributed by atoms with van der Waals surface area (Å²) in [5.41, 5.74) is 6.76. The van der Waals surface area contributed by atoms with Gasteiger partial charge in [0.05, 0.1) is 5.69 Å². The summed E-state index contributed by atoms with van der Waals surface area (Å²) in [7, 11) is 0. The van der Waals surface area contributed by atoms with Crippen molar-refractivity contribution in [1.82, 2.24) is 0 Å². The minimum absolute atomic E-state index is 0.284. The fraction of sp³-hybridized carbons (Fsp3) is 0.214. The minimum Gasteiger partial charge on any atom is -0.387 e. The molecule has 2 heteroatoms. The van der Waals surface area contributed by atoms with E-state index in [1.807, 2.05) is 32.0 Å². The van der Waals surface area contributed by atoms with E-state index in [-0.39, 0.29) is 5.92 Å². The molecule has 16 heavy (non-hydrogen) atoms. The average Bonchev–Trinajstić information content (AvgIpc) is 2.28. The van der Waals surface area contributed by atoms with E-state index < -0.39 is 0 Å². The monoisotopic (exact) mass is 212 g/mol. The van der Waals surface area contributed by atoms with E-state index in [1.54, 1.807) is 0 Å². The van der Waals surface area contributed by atoms with Gasteiger partial charge in [0.1, 0.15) is 5.84 Å². The van der Waals surface area contributed by atoms with Gasteiger partial charge in [0.2, 0.25) is 0 Å². The summed E-state index contributed by atoms with van der Waals surface area (Å²) in [6.45, 7) is 4.08. The van der Waals surface area contributed by atoms with Gasteiger partial charge in [0, 0.05) is 5.92 Å². The Bertz CT molecular complexity index is 527. The van der Waals surface area contributed by atoms with E-state index in [1.165, 1.54) is 10.8 Å². The van der Waals surface area contributed by atoms with Gasteiger partial charge < -0.3 is 5.73 Å². The molecular weight excluding hydrogens is 196 g/mol. The molecule has 0 heterocycles. The van der Waals surface area contributed by atoms with Crippen LogP contribution in [-0.4, -0.2) is 5.84 Å². The normalized spacial score (nSPS) is 12.3. The first-order valence-corrected chi connectivity index (χ1v) is 5.49. The van der Waals surface area contributed by atoms with Gasteiger partial charge in [-0.15, -0.1) is 0 Å². The Kier molecular flexibility index (Phi) is 2.91. The number of hydrogen-bond acceptors (Lipinski definition) is 1. The van der Waals surface area contributed by atoms with Crippen molar-refractivity contribution in [3.05, 3.63) is 42.5 Å². The molecule has 82 valence electrons. The number of nitrogens with two attached hydrogens (primary N) is 1. The van der Waals surface area contributed by atoms with Crippen molar-refractivity contribution >= 4 is 22.3 Å². The summed E-state index contributed by atoms with van der Waals surface area (Å²) in [5.74, 6) is 0.960. The molecule has 0 amide bonds. The van der Waals surface area contributed by atoms with Crippen LogP contribution in [0.15, 0.2) is 47.5 Å². The maximum atomic E-state index is 5.84. The van der Waals surface area contributed by atoms with Crippen LogP contribution in [0.2, 0.25) is 0 Å². The summed E-state index contributed by atoms with van der Waals surface area (Å²) in [6, 6.07) is 14.4. The van der Waals surface area contributed by atoms with Gasteiger partial charge >= 0.3 is 0 Å². The van der Waals surface area contributed by atoms with Crippen molar-refractivity contribution in [1.29, 1.82) is 0 Å². The molecule has 0 unspecified atom stereocenters. The predicted octanol–water partition coefficient (Wildman–Crippen LogP) is 3.48. The third-order valence-corrected chi connectivity index (χ3v) is 2.58. The molecule has 0 spiro atoms. The lowest BCUT2D eigenvalue weighted by atomic mass is 10.1. The van der Waals surface area contributed by atoms with Crippen LogP contribution >= 0.6 is 0 Å². The van der Waals surface area contributed by atoms with Crippen molar-refractivity contribution in [3.8, 4) is 0 Å². The van der Waals surface area contributed by atoms with Gasteiger partial charge in [-0.2, -0.15) is 0 Å². The summed E-state index contributed by atoms with van der Waals surface area (Å²) in [5, 5.41) is 2.42. The number of aliphatic imine (C=N–C) groups is 1. The van der Waals surface area contributed by atoms with Crippen LogP contribution in [0.25, 0.3) is 10.8 Å². The molecule has 0 aromatic heterocycles. The molecule has 2 aromatic carbocycles. The molecule has 0 atom stereocenters. The molecular formula is C14H16N2. The number of rotatable bonds is 2. The Morgan fingerprint density at radius 1 is 1.06 bits per heavy atom. The predicted molar refractivity (Wildman–Crippen MR) is 70.1 cm³/mol. The Morgan fingerprint density at radius 2 is 1.75 bits per heavy atom. The van der Waals surface area contributed by atoms with Gasteiger partial charge in [-0.1, -0.05) is 44.2 Å². The first-order chi connectivity index (χ1) is 7.66. The molecule has 0 saturated heterocycles. The average molecular weight is 212 g/mol. The van der Waals surface area contributed by atoms with E-state index >= 15 is 0 Å². The third-order valence-electron chi connectivity index (χ3n) is 2.58. The van der Waals surface area contributed by atoms with E-state index in [0.29, 0.717) is 5.84 Å². The van der Waals surface area contributed by atoms with Crippen molar-refractivity contribution in [2.24, 2.45) is 16.6 Å². The van der Waals surface area contributed by atoms with Crippen LogP contribution in [0.5, 0.6) is 0 Å². The largest absolute Gasteiger partial charge is 0.387 e. The van der Waals surface area contributed by atoms with Gasteiger partial charge in [-0.05, 0) is 22.9 Å². The van der Waals surface area contributed by atoms with Crippen LogP contribution < -0.4 is 5.73 Å². The second kappa shape index (κ2) is 4.35. The lowest BCUT2D eigenvalue weighted by Crippen LogP contribution is -2.17. The fourth-order valence-electron chi connectivity index (χ4n) is 1.52. The molecule has 2 aromatic rings. The number of amidine groups is 1. The first kappa shape index (κ1) is 10.7. The minimum atomic E-state index is 0.284. The first-order valence-electron chi connectivity index (χ1n) is 5.49. The maximum Gasteiger partial charge on any atom is 0.102 e. The number of nitrogens with zero attached hydrogens (tertiary/aromatic N) is 1. The quantitative estimate of drug-likeness (QED) is 0.600. The van der Waals surface area contributed by atoms with Crippen LogP contribution in [0.4, 0.5) is 5.69 Å². The zero-order chi connectivity index (χ0) is 11.5. The van der Waals surface area contributed by atoms with Crippen molar-refractivity contribution in [3.63, 3.8) is 0 Å². The zero-order valence-electron chi connectivity index (χ0n) is 9.64. The second-order valence-corrected chi connectivity index (χ2v) is 4.22. The molecule has 0 saturated carbocycles. The van der Waals surface area contributed by atoms with Crippen LogP contribution in [0.1, 0.15) is 13.8 Å². The van der Waals surface area contributed by atoms with Crippen molar-refractivity contribution in [2.75, 3.05) is 0 Å². The Morgan fingerprint density at radius 3 is 2.44 bits per heavy atom.